The molecule has 146 valence electrons. The first-order chi connectivity index (χ1) is 13.4. The maximum Gasteiger partial charge on any atom is 0.325 e. The summed E-state index contributed by atoms with van der Waals surface area (Å²) in [6.45, 7) is -0.592. The van der Waals surface area contributed by atoms with Gasteiger partial charge in [-0.05, 0) is 30.3 Å². The van der Waals surface area contributed by atoms with E-state index in [1.807, 2.05) is 0 Å². The van der Waals surface area contributed by atoms with Crippen LogP contribution in [0.15, 0.2) is 48.5 Å². The number of nitrogens with one attached hydrogen (secondary N) is 2. The third-order valence-corrected chi connectivity index (χ3v) is 3.45. The van der Waals surface area contributed by atoms with E-state index in [9.17, 15) is 24.5 Å². The van der Waals surface area contributed by atoms with Crippen molar-refractivity contribution in [3.63, 3.8) is 0 Å². The topological polar surface area (TPSA) is 137 Å². The molecule has 28 heavy (non-hydrogen) atoms. The Balaban J connectivity index is 1.88. The summed E-state index contributed by atoms with van der Waals surface area (Å²) in [6, 6.07) is 11.4. The first kappa shape index (κ1) is 20.4. The number of amides is 2. The minimum Gasteiger partial charge on any atom is -0.484 e. The molecule has 0 aliphatic heterocycles. The van der Waals surface area contributed by atoms with Gasteiger partial charge >= 0.3 is 5.97 Å². The third kappa shape index (κ3) is 6.09. The number of hydrogen-bond acceptors (Lipinski definition) is 7. The number of ether oxygens (including phenoxy) is 2. The molecule has 2 aromatic rings. The van der Waals surface area contributed by atoms with Crippen LogP contribution in [0.4, 0.5) is 11.4 Å². The Morgan fingerprint density at radius 3 is 2.46 bits per heavy atom. The minimum atomic E-state index is -0.582. The van der Waals surface area contributed by atoms with Gasteiger partial charge in [0, 0.05) is 23.4 Å². The minimum absolute atomic E-state index is 0.0842. The molecule has 0 unspecified atom stereocenters. The Hall–Kier alpha value is -3.95. The second kappa shape index (κ2) is 9.67. The van der Waals surface area contributed by atoms with Crippen molar-refractivity contribution < 1.29 is 28.8 Å². The van der Waals surface area contributed by atoms with E-state index < -0.39 is 22.7 Å². The number of carbonyl (C=O) groups excluding carboxylic acids is 3. The van der Waals surface area contributed by atoms with E-state index in [4.69, 9.17) is 4.74 Å². The fourth-order valence-electron chi connectivity index (χ4n) is 2.07. The Morgan fingerprint density at radius 2 is 1.82 bits per heavy atom. The van der Waals surface area contributed by atoms with E-state index in [2.05, 4.69) is 15.4 Å². The molecule has 0 radical (unpaired) electrons. The van der Waals surface area contributed by atoms with Crippen LogP contribution in [0, 0.1) is 10.1 Å². The Bertz CT molecular complexity index is 881. The van der Waals surface area contributed by atoms with Crippen LogP contribution in [0.1, 0.15) is 10.4 Å². The van der Waals surface area contributed by atoms with Gasteiger partial charge in [0.05, 0.1) is 12.0 Å². The van der Waals surface area contributed by atoms with Crippen LogP contribution in [-0.4, -0.2) is 43.0 Å². The summed E-state index contributed by atoms with van der Waals surface area (Å²) in [5.74, 6) is -1.26. The summed E-state index contributed by atoms with van der Waals surface area (Å²) in [5.41, 5.74) is 0.528. The van der Waals surface area contributed by atoms with Gasteiger partial charge in [0.15, 0.2) is 6.61 Å². The summed E-state index contributed by atoms with van der Waals surface area (Å²) in [7, 11) is 1.21. The van der Waals surface area contributed by atoms with Gasteiger partial charge in [0.2, 0.25) is 0 Å². The molecular weight excluding hydrogens is 370 g/mol. The van der Waals surface area contributed by atoms with Crippen LogP contribution in [-0.2, 0) is 14.3 Å². The highest BCUT2D eigenvalue weighted by molar-refractivity contribution is 5.98. The molecule has 0 heterocycles. The molecular formula is C18H17N3O7. The molecule has 0 aliphatic rings. The number of nitro groups is 1. The lowest BCUT2D eigenvalue weighted by Crippen LogP contribution is -2.30. The highest BCUT2D eigenvalue weighted by Crippen LogP contribution is 2.17. The normalized spacial score (nSPS) is 9.89. The molecule has 2 N–H and O–H groups in total. The number of benzene rings is 2. The lowest BCUT2D eigenvalue weighted by Gasteiger charge is -2.09. The van der Waals surface area contributed by atoms with E-state index >= 15 is 0 Å². The molecule has 0 saturated carbocycles. The van der Waals surface area contributed by atoms with Crippen LogP contribution in [0.5, 0.6) is 5.75 Å². The van der Waals surface area contributed by atoms with E-state index in [0.717, 1.165) is 0 Å². The first-order valence-corrected chi connectivity index (χ1v) is 8.01. The Kier molecular flexibility index (Phi) is 7.03. The highest BCUT2D eigenvalue weighted by Gasteiger charge is 2.11. The zero-order chi connectivity index (χ0) is 20.5. The fraction of sp³-hybridized carbons (Fsp3) is 0.167. The number of methoxy groups -OCH3 is 1. The maximum atomic E-state index is 12.0. The molecule has 2 amide bonds. The largest absolute Gasteiger partial charge is 0.484 e. The fourth-order valence-corrected chi connectivity index (χ4v) is 2.07. The number of rotatable bonds is 8. The standard InChI is InChI=1S/C18H17N3O7/c1-27-17(23)10-19-18(24)12-3-2-4-13(9-12)20-16(22)11-28-15-7-5-14(6-8-15)21(25)26/h2-9H,10-11H2,1H3,(H,19,24)(H,20,22). The zero-order valence-electron chi connectivity index (χ0n) is 14.8. The van der Waals surface area contributed by atoms with Crippen molar-refractivity contribution in [1.82, 2.24) is 5.32 Å². The van der Waals surface area contributed by atoms with Gasteiger partial charge < -0.3 is 20.1 Å². The Morgan fingerprint density at radius 1 is 1.11 bits per heavy atom. The summed E-state index contributed by atoms with van der Waals surface area (Å²) in [6.07, 6.45) is 0. The number of hydrogen-bond donors (Lipinski definition) is 2. The number of anilines is 1. The number of nitrogens with zero attached hydrogens (tertiary/aromatic N) is 1. The van der Waals surface area contributed by atoms with Crippen molar-refractivity contribution in [2.24, 2.45) is 0 Å². The highest BCUT2D eigenvalue weighted by atomic mass is 16.6. The lowest BCUT2D eigenvalue weighted by molar-refractivity contribution is -0.384. The average Bonchev–Trinajstić information content (AvgIpc) is 2.70. The summed E-state index contributed by atoms with van der Waals surface area (Å²) in [5, 5.41) is 15.6. The van der Waals surface area contributed by atoms with Crippen molar-refractivity contribution in [2.45, 2.75) is 0 Å². The zero-order valence-corrected chi connectivity index (χ0v) is 14.8. The van der Waals surface area contributed by atoms with E-state index in [-0.39, 0.29) is 24.4 Å². The third-order valence-electron chi connectivity index (χ3n) is 3.45. The van der Waals surface area contributed by atoms with Crippen LogP contribution < -0.4 is 15.4 Å². The van der Waals surface area contributed by atoms with Gasteiger partial charge in [-0.3, -0.25) is 24.5 Å². The van der Waals surface area contributed by atoms with Crippen molar-refractivity contribution in [1.29, 1.82) is 0 Å². The van der Waals surface area contributed by atoms with Crippen LogP contribution in [0.3, 0.4) is 0 Å². The smallest absolute Gasteiger partial charge is 0.325 e. The molecule has 0 spiro atoms. The lowest BCUT2D eigenvalue weighted by atomic mass is 10.2. The number of esters is 1. The van der Waals surface area contributed by atoms with Crippen molar-refractivity contribution in [3.8, 4) is 5.75 Å². The quantitative estimate of drug-likeness (QED) is 0.398. The number of carbonyl (C=O) groups is 3. The molecule has 10 nitrogen and oxygen atoms in total. The maximum absolute atomic E-state index is 12.0. The molecule has 0 fully saturated rings. The summed E-state index contributed by atoms with van der Waals surface area (Å²) < 4.78 is 9.70. The molecule has 0 aliphatic carbocycles. The van der Waals surface area contributed by atoms with E-state index in [0.29, 0.717) is 11.4 Å². The summed E-state index contributed by atoms with van der Waals surface area (Å²) in [4.78, 5) is 45.1. The SMILES string of the molecule is COC(=O)CNC(=O)c1cccc(NC(=O)COc2ccc([N+](=O)[O-])cc2)c1. The number of non-ortho nitro benzene ring substituents is 1. The molecule has 2 rings (SSSR count). The van der Waals surface area contributed by atoms with Crippen LogP contribution in [0.2, 0.25) is 0 Å². The predicted octanol–water partition coefficient (Wildman–Crippen LogP) is 1.52. The Labute approximate surface area is 159 Å². The van der Waals surface area contributed by atoms with Gasteiger partial charge in [0.25, 0.3) is 17.5 Å². The van der Waals surface area contributed by atoms with Crippen molar-refractivity contribution in [3.05, 3.63) is 64.2 Å². The van der Waals surface area contributed by atoms with Crippen LogP contribution >= 0.6 is 0 Å². The van der Waals surface area contributed by atoms with Crippen molar-refractivity contribution in [2.75, 3.05) is 25.6 Å². The average molecular weight is 387 g/mol. The van der Waals surface area contributed by atoms with Gasteiger partial charge in [-0.1, -0.05) is 6.07 Å². The molecule has 0 saturated heterocycles. The summed E-state index contributed by atoms with van der Waals surface area (Å²) >= 11 is 0. The van der Waals surface area contributed by atoms with E-state index in [1.165, 1.54) is 43.5 Å². The van der Waals surface area contributed by atoms with Crippen molar-refractivity contribution >= 4 is 29.2 Å². The number of nitro benzene ring substituents is 1. The molecule has 0 atom stereocenters. The molecule has 10 heteroatoms. The predicted molar refractivity (Wildman–Crippen MR) is 98.0 cm³/mol. The second-order valence-corrected chi connectivity index (χ2v) is 5.43. The molecule has 2 aromatic carbocycles. The van der Waals surface area contributed by atoms with E-state index in [1.54, 1.807) is 12.1 Å². The van der Waals surface area contributed by atoms with Gasteiger partial charge in [-0.15, -0.1) is 0 Å². The van der Waals surface area contributed by atoms with Crippen LogP contribution in [0.25, 0.3) is 0 Å². The van der Waals surface area contributed by atoms with Gasteiger partial charge in [-0.2, -0.15) is 0 Å². The van der Waals surface area contributed by atoms with Gasteiger partial charge in [-0.25, -0.2) is 0 Å². The molecule has 0 aromatic heterocycles. The molecule has 0 bridgehead atoms. The first-order valence-electron chi connectivity index (χ1n) is 8.01. The second-order valence-electron chi connectivity index (χ2n) is 5.43. The monoisotopic (exact) mass is 387 g/mol. The van der Waals surface area contributed by atoms with Gasteiger partial charge in [0.1, 0.15) is 12.3 Å².